The molecule has 0 saturated carbocycles. The Morgan fingerprint density at radius 1 is 1.20 bits per heavy atom. The van der Waals surface area contributed by atoms with E-state index in [2.05, 4.69) is 17.0 Å². The van der Waals surface area contributed by atoms with Crippen LogP contribution in [0.4, 0.5) is 0 Å². The SMILES string of the molecule is COc1ccc(CN2CC[C@@H]3[C@H]2CCC(=O)N3CC(=O)N(C)C)cc1. The maximum absolute atomic E-state index is 12.4. The molecule has 0 radical (unpaired) electrons. The van der Waals surface area contributed by atoms with E-state index in [0.29, 0.717) is 12.5 Å². The fourth-order valence-corrected chi connectivity index (χ4v) is 3.89. The highest BCUT2D eigenvalue weighted by molar-refractivity contribution is 5.85. The summed E-state index contributed by atoms with van der Waals surface area (Å²) in [7, 11) is 5.14. The number of likely N-dealkylation sites (tertiary alicyclic amines) is 2. The zero-order valence-electron chi connectivity index (χ0n) is 15.3. The number of likely N-dealkylation sites (N-methyl/N-ethyl adjacent to an activating group) is 1. The number of rotatable bonds is 5. The summed E-state index contributed by atoms with van der Waals surface area (Å²) in [5, 5.41) is 0. The minimum atomic E-state index is -0.0115. The van der Waals surface area contributed by atoms with Crippen molar-refractivity contribution in [2.75, 3.05) is 34.3 Å². The minimum Gasteiger partial charge on any atom is -0.497 e. The van der Waals surface area contributed by atoms with Crippen molar-refractivity contribution in [3.8, 4) is 5.75 Å². The molecule has 0 aliphatic carbocycles. The van der Waals surface area contributed by atoms with E-state index in [1.165, 1.54) is 5.56 Å². The standard InChI is InChI=1S/C19H27N3O3/c1-20(2)19(24)13-22-17-10-11-21(16(17)8-9-18(22)23)12-14-4-6-15(25-3)7-5-14/h4-7,16-17H,8-13H2,1-3H3/t16-,17-/m1/s1. The van der Waals surface area contributed by atoms with E-state index < -0.39 is 0 Å². The quantitative estimate of drug-likeness (QED) is 0.808. The van der Waals surface area contributed by atoms with Crippen molar-refractivity contribution in [1.29, 1.82) is 0 Å². The number of ether oxygens (including phenoxy) is 1. The van der Waals surface area contributed by atoms with Gasteiger partial charge in [0.05, 0.1) is 7.11 Å². The maximum atomic E-state index is 12.4. The second kappa shape index (κ2) is 7.44. The van der Waals surface area contributed by atoms with E-state index in [4.69, 9.17) is 4.74 Å². The molecule has 0 bridgehead atoms. The Balaban J connectivity index is 1.67. The van der Waals surface area contributed by atoms with E-state index in [1.54, 1.807) is 26.1 Å². The van der Waals surface area contributed by atoms with Gasteiger partial charge in [-0.2, -0.15) is 0 Å². The third-order valence-electron chi connectivity index (χ3n) is 5.35. The average Bonchev–Trinajstić information content (AvgIpc) is 3.01. The topological polar surface area (TPSA) is 53.1 Å². The number of hydrogen-bond acceptors (Lipinski definition) is 4. The fraction of sp³-hybridized carbons (Fsp3) is 0.579. The van der Waals surface area contributed by atoms with Crippen molar-refractivity contribution in [2.45, 2.75) is 37.9 Å². The Kier molecular flexibility index (Phi) is 5.27. The van der Waals surface area contributed by atoms with Crippen LogP contribution in [0.1, 0.15) is 24.8 Å². The lowest BCUT2D eigenvalue weighted by atomic mass is 9.96. The molecule has 25 heavy (non-hydrogen) atoms. The molecule has 2 atom stereocenters. The normalized spacial score (nSPS) is 23.5. The number of piperidine rings is 1. The summed E-state index contributed by atoms with van der Waals surface area (Å²) in [6.07, 6.45) is 2.35. The predicted octanol–water partition coefficient (Wildman–Crippen LogP) is 1.35. The molecule has 2 aliphatic rings. The second-order valence-electron chi connectivity index (χ2n) is 7.09. The van der Waals surface area contributed by atoms with Crippen LogP contribution in [0.2, 0.25) is 0 Å². The number of nitrogens with zero attached hydrogens (tertiary/aromatic N) is 3. The van der Waals surface area contributed by atoms with Crippen LogP contribution in [0.15, 0.2) is 24.3 Å². The van der Waals surface area contributed by atoms with Gasteiger partial charge in [0.25, 0.3) is 0 Å². The first-order valence-corrected chi connectivity index (χ1v) is 8.86. The van der Waals surface area contributed by atoms with E-state index in [1.807, 2.05) is 17.0 Å². The molecule has 0 spiro atoms. The minimum absolute atomic E-state index is 0.0115. The van der Waals surface area contributed by atoms with Gasteiger partial charge in [-0.1, -0.05) is 12.1 Å². The molecule has 2 aliphatic heterocycles. The first kappa shape index (κ1) is 17.7. The van der Waals surface area contributed by atoms with Crippen molar-refractivity contribution in [3.63, 3.8) is 0 Å². The average molecular weight is 345 g/mol. The third-order valence-corrected chi connectivity index (χ3v) is 5.35. The molecule has 2 amide bonds. The number of methoxy groups -OCH3 is 1. The lowest BCUT2D eigenvalue weighted by Crippen LogP contribution is -2.54. The molecule has 0 aromatic heterocycles. The Labute approximate surface area is 149 Å². The molecule has 1 aromatic carbocycles. The van der Waals surface area contributed by atoms with Gasteiger partial charge in [-0.3, -0.25) is 14.5 Å². The van der Waals surface area contributed by atoms with Gasteiger partial charge < -0.3 is 14.5 Å². The van der Waals surface area contributed by atoms with Gasteiger partial charge in [0.2, 0.25) is 11.8 Å². The monoisotopic (exact) mass is 345 g/mol. The Morgan fingerprint density at radius 3 is 2.56 bits per heavy atom. The summed E-state index contributed by atoms with van der Waals surface area (Å²) in [4.78, 5) is 30.3. The van der Waals surface area contributed by atoms with Crippen LogP contribution in [-0.4, -0.2) is 72.9 Å². The highest BCUT2D eigenvalue weighted by atomic mass is 16.5. The summed E-state index contributed by atoms with van der Waals surface area (Å²) in [6, 6.07) is 8.64. The Hall–Kier alpha value is -2.08. The highest BCUT2D eigenvalue weighted by Gasteiger charge is 2.43. The number of carbonyl (C=O) groups excluding carboxylic acids is 2. The molecule has 2 saturated heterocycles. The zero-order valence-corrected chi connectivity index (χ0v) is 15.3. The van der Waals surface area contributed by atoms with E-state index in [9.17, 15) is 9.59 Å². The Bertz CT molecular complexity index is 629. The summed E-state index contributed by atoms with van der Waals surface area (Å²) in [5.41, 5.74) is 1.24. The van der Waals surface area contributed by atoms with Crippen molar-refractivity contribution in [2.24, 2.45) is 0 Å². The number of carbonyl (C=O) groups is 2. The first-order chi connectivity index (χ1) is 12.0. The summed E-state index contributed by atoms with van der Waals surface area (Å²) < 4.78 is 5.21. The van der Waals surface area contributed by atoms with Gasteiger partial charge in [0.15, 0.2) is 0 Å². The van der Waals surface area contributed by atoms with Gasteiger partial charge in [0, 0.05) is 45.7 Å². The molecule has 0 N–H and O–H groups in total. The molecule has 0 unspecified atom stereocenters. The third kappa shape index (κ3) is 3.79. The van der Waals surface area contributed by atoms with Gasteiger partial charge in [-0.25, -0.2) is 0 Å². The molecule has 1 aromatic rings. The van der Waals surface area contributed by atoms with E-state index in [-0.39, 0.29) is 24.4 Å². The van der Waals surface area contributed by atoms with E-state index in [0.717, 1.165) is 31.7 Å². The number of amides is 2. The highest BCUT2D eigenvalue weighted by Crippen LogP contribution is 2.32. The van der Waals surface area contributed by atoms with Crippen LogP contribution >= 0.6 is 0 Å². The summed E-state index contributed by atoms with van der Waals surface area (Å²) in [6.45, 7) is 2.03. The van der Waals surface area contributed by atoms with Crippen molar-refractivity contribution in [1.82, 2.24) is 14.7 Å². The molecule has 136 valence electrons. The molecule has 3 rings (SSSR count). The van der Waals surface area contributed by atoms with Gasteiger partial charge in [-0.05, 0) is 30.5 Å². The smallest absolute Gasteiger partial charge is 0.241 e. The Morgan fingerprint density at radius 2 is 1.92 bits per heavy atom. The number of hydrogen-bond donors (Lipinski definition) is 0. The fourth-order valence-electron chi connectivity index (χ4n) is 3.89. The molecular formula is C19H27N3O3. The van der Waals surface area contributed by atoms with Gasteiger partial charge in [-0.15, -0.1) is 0 Å². The molecule has 6 heteroatoms. The largest absolute Gasteiger partial charge is 0.497 e. The van der Waals surface area contributed by atoms with Crippen LogP contribution < -0.4 is 4.74 Å². The molecule has 2 heterocycles. The number of benzene rings is 1. The van der Waals surface area contributed by atoms with Crippen LogP contribution in [0.25, 0.3) is 0 Å². The van der Waals surface area contributed by atoms with Crippen molar-refractivity contribution in [3.05, 3.63) is 29.8 Å². The van der Waals surface area contributed by atoms with Crippen molar-refractivity contribution < 1.29 is 14.3 Å². The van der Waals surface area contributed by atoms with E-state index >= 15 is 0 Å². The first-order valence-electron chi connectivity index (χ1n) is 8.86. The maximum Gasteiger partial charge on any atom is 0.241 e. The zero-order chi connectivity index (χ0) is 18.0. The van der Waals surface area contributed by atoms with Gasteiger partial charge in [0.1, 0.15) is 12.3 Å². The summed E-state index contributed by atoms with van der Waals surface area (Å²) >= 11 is 0. The van der Waals surface area contributed by atoms with Crippen LogP contribution in [0, 0.1) is 0 Å². The molecular weight excluding hydrogens is 318 g/mol. The molecule has 2 fully saturated rings. The number of fused-ring (bicyclic) bond motifs is 1. The molecule has 6 nitrogen and oxygen atoms in total. The lowest BCUT2D eigenvalue weighted by molar-refractivity contribution is -0.144. The predicted molar refractivity (Wildman–Crippen MR) is 95.2 cm³/mol. The van der Waals surface area contributed by atoms with Crippen LogP contribution in [0.5, 0.6) is 5.75 Å². The van der Waals surface area contributed by atoms with Crippen LogP contribution in [0.3, 0.4) is 0 Å². The van der Waals surface area contributed by atoms with Crippen molar-refractivity contribution >= 4 is 11.8 Å². The second-order valence-corrected chi connectivity index (χ2v) is 7.09. The summed E-state index contributed by atoms with van der Waals surface area (Å²) in [5.74, 6) is 0.963. The van der Waals surface area contributed by atoms with Gasteiger partial charge >= 0.3 is 0 Å². The lowest BCUT2D eigenvalue weighted by Gasteiger charge is -2.39. The van der Waals surface area contributed by atoms with Crippen LogP contribution in [-0.2, 0) is 16.1 Å².